The molecule has 2 N–H and O–H groups in total. The Morgan fingerprint density at radius 1 is 1.39 bits per heavy atom. The number of anilines is 1. The van der Waals surface area contributed by atoms with Crippen molar-refractivity contribution in [3.05, 3.63) is 22.4 Å². The fourth-order valence-corrected chi connectivity index (χ4v) is 4.49. The van der Waals surface area contributed by atoms with Crippen LogP contribution in [0.3, 0.4) is 0 Å². The van der Waals surface area contributed by atoms with Gasteiger partial charge in [-0.25, -0.2) is 4.98 Å². The largest absolute Gasteiger partial charge is 0.397 e. The van der Waals surface area contributed by atoms with Crippen LogP contribution in [0.1, 0.15) is 64.5 Å². The molecule has 0 saturated carbocycles. The van der Waals surface area contributed by atoms with Gasteiger partial charge in [0.2, 0.25) is 0 Å². The van der Waals surface area contributed by atoms with Crippen molar-refractivity contribution >= 4 is 28.9 Å². The smallest absolute Gasteiger partial charge is 0.129 e. The van der Waals surface area contributed by atoms with Crippen LogP contribution in [0.15, 0.2) is 16.7 Å². The van der Waals surface area contributed by atoms with E-state index in [0.717, 1.165) is 35.9 Å². The van der Waals surface area contributed by atoms with Crippen molar-refractivity contribution < 1.29 is 4.74 Å². The molecule has 3 heterocycles. The second kappa shape index (κ2) is 6.40. The number of aromatic nitrogens is 1. The third-order valence-electron chi connectivity index (χ3n) is 5.97. The molecule has 1 radical (unpaired) electrons. The normalized spacial score (nSPS) is 37.6. The lowest BCUT2D eigenvalue weighted by Crippen LogP contribution is -2.37. The summed E-state index contributed by atoms with van der Waals surface area (Å²) in [7, 11) is 2.50. The molecule has 3 rings (SSSR count). The number of ether oxygens (including phenoxy) is 1. The highest BCUT2D eigenvalue weighted by molar-refractivity contribution is 9.10. The summed E-state index contributed by atoms with van der Waals surface area (Å²) in [5.74, 6) is 0.485. The number of nitrogens with two attached hydrogens (primary N) is 1. The van der Waals surface area contributed by atoms with E-state index in [1.807, 2.05) is 6.07 Å². The topological polar surface area (TPSA) is 48.1 Å². The van der Waals surface area contributed by atoms with Crippen molar-refractivity contribution in [1.29, 1.82) is 0 Å². The van der Waals surface area contributed by atoms with Crippen LogP contribution in [0.4, 0.5) is 5.69 Å². The van der Waals surface area contributed by atoms with Crippen LogP contribution in [0, 0.1) is 0 Å². The van der Waals surface area contributed by atoms with Crippen molar-refractivity contribution in [3.8, 4) is 0 Å². The zero-order valence-electron chi connectivity index (χ0n) is 14.4. The van der Waals surface area contributed by atoms with Crippen molar-refractivity contribution in [2.24, 2.45) is 0 Å². The maximum atomic E-state index is 6.49. The Morgan fingerprint density at radius 3 is 2.83 bits per heavy atom. The van der Waals surface area contributed by atoms with E-state index >= 15 is 0 Å². The molecule has 0 amide bonds. The van der Waals surface area contributed by atoms with Crippen LogP contribution in [-0.2, 0) is 4.74 Å². The number of hydrogen-bond acceptors (Lipinski definition) is 3. The Bertz CT molecular complexity index is 584. The van der Waals surface area contributed by atoms with Crippen molar-refractivity contribution in [1.82, 2.24) is 4.98 Å². The van der Waals surface area contributed by atoms with E-state index in [9.17, 15) is 0 Å². The van der Waals surface area contributed by atoms with Gasteiger partial charge >= 0.3 is 0 Å². The maximum Gasteiger partial charge on any atom is 0.129 e. The van der Waals surface area contributed by atoms with E-state index in [1.165, 1.54) is 12.8 Å². The number of pyridine rings is 1. The van der Waals surface area contributed by atoms with Gasteiger partial charge in [0, 0.05) is 11.6 Å². The summed E-state index contributed by atoms with van der Waals surface area (Å²) in [6.07, 6.45) is 7.18. The Hall–Kier alpha value is -0.545. The minimum Gasteiger partial charge on any atom is -0.397 e. The highest BCUT2D eigenvalue weighted by Crippen LogP contribution is 2.52. The summed E-state index contributed by atoms with van der Waals surface area (Å²) in [4.78, 5) is 4.67. The van der Waals surface area contributed by atoms with Gasteiger partial charge in [0.05, 0.1) is 17.4 Å². The molecule has 4 atom stereocenters. The first-order valence-corrected chi connectivity index (χ1v) is 9.59. The standard InChI is InChI=1S/C18H27BBrN2O/c1-4-17(2)9-7-15(23-17)18(3)11-12(8-10-19-18)14-6-5-13(21)16(20)22-14/h5-6,12,15H,4,7-11,21H2,1-3H3/t12-,15+,17?,18-/m0/s1. The van der Waals surface area contributed by atoms with Crippen LogP contribution >= 0.6 is 15.9 Å². The van der Waals surface area contributed by atoms with Gasteiger partial charge in [-0.2, -0.15) is 0 Å². The predicted molar refractivity (Wildman–Crippen MR) is 100 cm³/mol. The molecule has 2 saturated heterocycles. The quantitative estimate of drug-likeness (QED) is 0.598. The molecule has 2 aliphatic heterocycles. The average molecular weight is 378 g/mol. The Kier molecular flexibility index (Phi) is 4.81. The predicted octanol–water partition coefficient (Wildman–Crippen LogP) is 4.95. The summed E-state index contributed by atoms with van der Waals surface area (Å²) < 4.78 is 7.25. The Morgan fingerprint density at radius 2 is 2.17 bits per heavy atom. The lowest BCUT2D eigenvalue weighted by atomic mass is 9.42. The fourth-order valence-electron chi connectivity index (χ4n) is 4.15. The molecule has 0 bridgehead atoms. The van der Waals surface area contributed by atoms with E-state index in [0.29, 0.717) is 17.7 Å². The summed E-state index contributed by atoms with van der Waals surface area (Å²) in [5.41, 5.74) is 7.81. The molecule has 2 fully saturated rings. The average Bonchev–Trinajstić information content (AvgIpc) is 2.94. The number of halogens is 1. The molecular weight excluding hydrogens is 351 g/mol. The summed E-state index contributed by atoms with van der Waals surface area (Å²) >= 11 is 3.46. The van der Waals surface area contributed by atoms with Crippen LogP contribution in [0.2, 0.25) is 11.6 Å². The van der Waals surface area contributed by atoms with Gasteiger partial charge in [0.15, 0.2) is 0 Å². The van der Waals surface area contributed by atoms with Gasteiger partial charge in [-0.1, -0.05) is 26.6 Å². The van der Waals surface area contributed by atoms with Gasteiger partial charge in [0.25, 0.3) is 0 Å². The summed E-state index contributed by atoms with van der Waals surface area (Å²) in [5, 5.41) is 0.144. The molecule has 1 unspecified atom stereocenters. The first-order chi connectivity index (χ1) is 10.9. The van der Waals surface area contributed by atoms with Crippen molar-refractivity contribution in [2.75, 3.05) is 5.73 Å². The second-order valence-electron chi connectivity index (χ2n) is 7.75. The lowest BCUT2D eigenvalue weighted by molar-refractivity contribution is -0.0500. The molecule has 0 spiro atoms. The van der Waals surface area contributed by atoms with Gasteiger partial charge in [0.1, 0.15) is 11.9 Å². The molecule has 1 aromatic heterocycles. The SMILES string of the molecule is CCC1(C)CC[C@H]([C@@]2(C)[B]CC[C@H](c3ccc(N)c(Br)n3)C2)O1. The molecule has 23 heavy (non-hydrogen) atoms. The third-order valence-corrected chi connectivity index (χ3v) is 6.61. The van der Waals surface area contributed by atoms with Gasteiger partial charge in [-0.15, -0.1) is 0 Å². The molecule has 0 aliphatic carbocycles. The number of rotatable bonds is 3. The van der Waals surface area contributed by atoms with E-state index in [4.69, 9.17) is 10.5 Å². The number of nitrogens with zero attached hydrogens (tertiary/aromatic N) is 1. The minimum atomic E-state index is 0.0664. The molecule has 3 nitrogen and oxygen atoms in total. The first kappa shape index (κ1) is 17.3. The first-order valence-electron chi connectivity index (χ1n) is 8.79. The van der Waals surface area contributed by atoms with Crippen LogP contribution in [0.5, 0.6) is 0 Å². The zero-order chi connectivity index (χ0) is 16.7. The van der Waals surface area contributed by atoms with E-state index in [2.05, 4.69) is 55.0 Å². The Labute approximate surface area is 149 Å². The Balaban J connectivity index is 1.76. The van der Waals surface area contributed by atoms with Crippen LogP contribution in [-0.4, -0.2) is 24.0 Å². The minimum absolute atomic E-state index is 0.0664. The van der Waals surface area contributed by atoms with Crippen LogP contribution < -0.4 is 5.73 Å². The van der Waals surface area contributed by atoms with E-state index < -0.39 is 0 Å². The molecule has 5 heteroatoms. The van der Waals surface area contributed by atoms with E-state index in [1.54, 1.807) is 0 Å². The van der Waals surface area contributed by atoms with E-state index in [-0.39, 0.29) is 10.9 Å². The van der Waals surface area contributed by atoms with Crippen molar-refractivity contribution in [3.63, 3.8) is 0 Å². The highest BCUT2D eigenvalue weighted by atomic mass is 79.9. The molecular formula is C18H27BBrN2O. The maximum absolute atomic E-state index is 6.49. The monoisotopic (exact) mass is 377 g/mol. The lowest BCUT2D eigenvalue weighted by Gasteiger charge is -2.42. The fraction of sp³-hybridized carbons (Fsp3) is 0.722. The van der Waals surface area contributed by atoms with Gasteiger partial charge in [-0.05, 0) is 66.0 Å². The van der Waals surface area contributed by atoms with Crippen LogP contribution in [0.25, 0.3) is 0 Å². The molecule has 2 aliphatic rings. The second-order valence-corrected chi connectivity index (χ2v) is 8.50. The van der Waals surface area contributed by atoms with Gasteiger partial charge in [-0.3, -0.25) is 0 Å². The third kappa shape index (κ3) is 3.46. The highest BCUT2D eigenvalue weighted by Gasteiger charge is 2.46. The number of nitrogen functional groups attached to an aromatic ring is 1. The molecule has 125 valence electrons. The van der Waals surface area contributed by atoms with Crippen molar-refractivity contribution in [2.45, 2.75) is 82.1 Å². The summed E-state index contributed by atoms with van der Waals surface area (Å²) in [6, 6.07) is 4.05. The molecule has 1 aromatic rings. The zero-order valence-corrected chi connectivity index (χ0v) is 16.0. The van der Waals surface area contributed by atoms with Gasteiger partial charge < -0.3 is 10.5 Å². The molecule has 0 aromatic carbocycles. The summed E-state index contributed by atoms with van der Waals surface area (Å²) in [6.45, 7) is 6.86. The number of hydrogen-bond donors (Lipinski definition) is 1.